The summed E-state index contributed by atoms with van der Waals surface area (Å²) in [6, 6.07) is 1.60. The summed E-state index contributed by atoms with van der Waals surface area (Å²) in [6.45, 7) is 2.11. The second-order valence-corrected chi connectivity index (χ2v) is 3.61. The van der Waals surface area contributed by atoms with E-state index in [0.717, 1.165) is 0 Å². The summed E-state index contributed by atoms with van der Waals surface area (Å²) in [5, 5.41) is 17.5. The Kier molecular flexibility index (Phi) is 3.46. The molecule has 0 unspecified atom stereocenters. The normalized spacial score (nSPS) is 10.3. The zero-order valence-electron chi connectivity index (χ0n) is 9.66. The fraction of sp³-hybridized carbons (Fsp3) is 0.300. The number of pyridine rings is 1. The van der Waals surface area contributed by atoms with Gasteiger partial charge in [0, 0.05) is 24.7 Å². The number of nitrogens with zero attached hydrogens (tertiary/aromatic N) is 4. The van der Waals surface area contributed by atoms with Crippen molar-refractivity contribution in [3.8, 4) is 0 Å². The van der Waals surface area contributed by atoms with E-state index in [1.807, 2.05) is 0 Å². The van der Waals surface area contributed by atoms with Gasteiger partial charge in [0.1, 0.15) is 0 Å². The molecule has 2 aromatic rings. The molecular formula is C10H11N5O3. The number of nitro groups is 1. The van der Waals surface area contributed by atoms with Crippen LogP contribution < -0.4 is 5.32 Å². The number of hydrogen-bond donors (Lipinski definition) is 1. The van der Waals surface area contributed by atoms with Crippen LogP contribution in [0.4, 0.5) is 11.5 Å². The van der Waals surface area contributed by atoms with Crippen molar-refractivity contribution in [3.05, 3.63) is 40.2 Å². The molecule has 0 atom stereocenters. The topological polar surface area (TPSA) is 107 Å². The van der Waals surface area contributed by atoms with Crippen molar-refractivity contribution in [1.82, 2.24) is 15.1 Å². The lowest BCUT2D eigenvalue weighted by atomic mass is 10.2. The second-order valence-electron chi connectivity index (χ2n) is 3.61. The smallest absolute Gasteiger partial charge is 0.314 e. The molecule has 0 aromatic carbocycles. The minimum Gasteiger partial charge on any atom is -0.364 e. The van der Waals surface area contributed by atoms with Crippen LogP contribution in [0.25, 0.3) is 0 Å². The molecule has 0 fully saturated rings. The molecule has 0 aliphatic heterocycles. The van der Waals surface area contributed by atoms with Crippen LogP contribution in [0.3, 0.4) is 0 Å². The van der Waals surface area contributed by atoms with Gasteiger partial charge >= 0.3 is 5.69 Å². The van der Waals surface area contributed by atoms with Crippen molar-refractivity contribution < 1.29 is 9.45 Å². The predicted octanol–water partition coefficient (Wildman–Crippen LogP) is 1.34. The molecule has 2 heterocycles. The molecule has 18 heavy (non-hydrogen) atoms. The Morgan fingerprint density at radius 2 is 2.33 bits per heavy atom. The number of nitrogens with one attached hydrogen (secondary N) is 1. The Bertz CT molecular complexity index is 540. The first-order valence-electron chi connectivity index (χ1n) is 5.27. The monoisotopic (exact) mass is 249 g/mol. The van der Waals surface area contributed by atoms with E-state index in [-0.39, 0.29) is 11.5 Å². The van der Waals surface area contributed by atoms with Gasteiger partial charge in [0.25, 0.3) is 0 Å². The molecule has 8 heteroatoms. The van der Waals surface area contributed by atoms with Crippen LogP contribution in [0.5, 0.6) is 0 Å². The van der Waals surface area contributed by atoms with E-state index in [4.69, 9.17) is 0 Å². The number of hydrogen-bond acceptors (Lipinski definition) is 7. The third kappa shape index (κ3) is 2.59. The molecule has 8 nitrogen and oxygen atoms in total. The molecule has 0 bridgehead atoms. The molecule has 2 aromatic heterocycles. The van der Waals surface area contributed by atoms with Crippen molar-refractivity contribution in [2.24, 2.45) is 0 Å². The number of aryl methyl sites for hydroxylation is 1. The van der Waals surface area contributed by atoms with Gasteiger partial charge in [0.2, 0.25) is 12.2 Å². The molecule has 0 amide bonds. The van der Waals surface area contributed by atoms with Crippen molar-refractivity contribution in [2.45, 2.75) is 13.3 Å². The maximum atomic E-state index is 10.9. The van der Waals surface area contributed by atoms with Gasteiger partial charge in [-0.15, -0.1) is 0 Å². The minimum atomic E-state index is -0.445. The number of rotatable bonds is 5. The van der Waals surface area contributed by atoms with Crippen molar-refractivity contribution in [3.63, 3.8) is 0 Å². The Morgan fingerprint density at radius 3 is 3.00 bits per heavy atom. The zero-order valence-corrected chi connectivity index (χ0v) is 9.66. The lowest BCUT2D eigenvalue weighted by Crippen LogP contribution is -2.09. The molecule has 1 N–H and O–H groups in total. The fourth-order valence-electron chi connectivity index (χ4n) is 1.51. The van der Waals surface area contributed by atoms with Crippen molar-refractivity contribution in [1.29, 1.82) is 0 Å². The Morgan fingerprint density at radius 1 is 1.50 bits per heavy atom. The summed E-state index contributed by atoms with van der Waals surface area (Å²) >= 11 is 0. The Labute approximate surface area is 102 Å². The highest BCUT2D eigenvalue weighted by molar-refractivity contribution is 5.59. The maximum Gasteiger partial charge on any atom is 0.314 e. The maximum absolute atomic E-state index is 10.9. The fourth-order valence-corrected chi connectivity index (χ4v) is 1.51. The second kappa shape index (κ2) is 5.21. The Balaban J connectivity index is 2.05. The van der Waals surface area contributed by atoms with Crippen LogP contribution in [0.2, 0.25) is 0 Å². The molecular weight excluding hydrogens is 238 g/mol. The van der Waals surface area contributed by atoms with Crippen LogP contribution in [-0.2, 0) is 6.42 Å². The predicted molar refractivity (Wildman–Crippen MR) is 62.1 cm³/mol. The largest absolute Gasteiger partial charge is 0.364 e. The quantitative estimate of drug-likeness (QED) is 0.629. The lowest BCUT2D eigenvalue weighted by molar-refractivity contribution is -0.384. The summed E-state index contributed by atoms with van der Waals surface area (Å²) in [4.78, 5) is 18.3. The summed E-state index contributed by atoms with van der Waals surface area (Å²) < 4.78 is 4.59. The van der Waals surface area contributed by atoms with Gasteiger partial charge in [-0.3, -0.25) is 10.1 Å². The average molecular weight is 249 g/mol. The summed E-state index contributed by atoms with van der Waals surface area (Å²) in [5.41, 5.74) is 0.558. The number of aromatic nitrogens is 3. The van der Waals surface area contributed by atoms with Gasteiger partial charge in [0.15, 0.2) is 5.82 Å². The van der Waals surface area contributed by atoms with E-state index in [9.17, 15) is 10.1 Å². The Hall–Kier alpha value is -2.51. The van der Waals surface area contributed by atoms with Crippen LogP contribution in [0.15, 0.2) is 23.2 Å². The molecule has 0 aliphatic rings. The van der Waals surface area contributed by atoms with Gasteiger partial charge in [-0.25, -0.2) is 4.98 Å². The third-order valence-electron chi connectivity index (χ3n) is 2.36. The molecule has 0 saturated heterocycles. The first-order valence-corrected chi connectivity index (χ1v) is 5.27. The van der Waals surface area contributed by atoms with E-state index >= 15 is 0 Å². The van der Waals surface area contributed by atoms with E-state index in [1.165, 1.54) is 12.6 Å². The third-order valence-corrected chi connectivity index (χ3v) is 2.36. The van der Waals surface area contributed by atoms with Gasteiger partial charge in [-0.1, -0.05) is 5.16 Å². The van der Waals surface area contributed by atoms with Gasteiger partial charge in [0.05, 0.1) is 4.92 Å². The lowest BCUT2D eigenvalue weighted by Gasteiger charge is -2.05. The molecule has 0 spiro atoms. The first kappa shape index (κ1) is 12.0. The van der Waals surface area contributed by atoms with Crippen LogP contribution in [0.1, 0.15) is 11.4 Å². The minimum absolute atomic E-state index is 0.00869. The standard InChI is InChI=1S/C10H11N5O3/c1-7-2-4-11-10(9(7)15(16)17)12-5-3-8-13-6-18-14-8/h2,4,6H,3,5H2,1H3,(H,11,12). The molecule has 0 aliphatic carbocycles. The van der Waals surface area contributed by atoms with Crippen molar-refractivity contribution >= 4 is 11.5 Å². The van der Waals surface area contributed by atoms with Crippen LogP contribution in [-0.4, -0.2) is 26.6 Å². The van der Waals surface area contributed by atoms with Crippen molar-refractivity contribution in [2.75, 3.05) is 11.9 Å². The van der Waals surface area contributed by atoms with Crippen LogP contribution in [0, 0.1) is 17.0 Å². The van der Waals surface area contributed by atoms with Gasteiger partial charge in [-0.2, -0.15) is 4.98 Å². The summed E-state index contributed by atoms with van der Waals surface area (Å²) in [6.07, 6.45) is 3.27. The highest BCUT2D eigenvalue weighted by Gasteiger charge is 2.17. The van der Waals surface area contributed by atoms with Crippen LogP contribution >= 0.6 is 0 Å². The van der Waals surface area contributed by atoms with E-state index in [2.05, 4.69) is 25.0 Å². The SMILES string of the molecule is Cc1ccnc(NCCc2ncon2)c1[N+](=O)[O-]. The molecule has 0 radical (unpaired) electrons. The first-order chi connectivity index (χ1) is 8.68. The highest BCUT2D eigenvalue weighted by Crippen LogP contribution is 2.25. The number of anilines is 1. The molecule has 94 valence electrons. The van der Waals surface area contributed by atoms with E-state index < -0.39 is 4.92 Å². The van der Waals surface area contributed by atoms with E-state index in [1.54, 1.807) is 13.0 Å². The van der Waals surface area contributed by atoms with Gasteiger partial charge < -0.3 is 9.84 Å². The average Bonchev–Trinajstić information content (AvgIpc) is 2.81. The summed E-state index contributed by atoms with van der Waals surface area (Å²) in [7, 11) is 0. The van der Waals surface area contributed by atoms with E-state index in [0.29, 0.717) is 24.4 Å². The molecule has 2 rings (SSSR count). The van der Waals surface area contributed by atoms with Gasteiger partial charge in [-0.05, 0) is 13.0 Å². The zero-order chi connectivity index (χ0) is 13.0. The summed E-state index contributed by atoms with van der Waals surface area (Å²) in [5.74, 6) is 0.793. The highest BCUT2D eigenvalue weighted by atomic mass is 16.6. The molecule has 0 saturated carbocycles.